The van der Waals surface area contributed by atoms with Crippen molar-refractivity contribution in [2.75, 3.05) is 0 Å². The molecule has 1 amide bonds. The lowest BCUT2D eigenvalue weighted by Gasteiger charge is -2.07. The number of nitrogens with one attached hydrogen (secondary N) is 1. The SMILES string of the molecule is CCC(=O)NS(=O)(=O)c1ccc(-c2c(C)o[n+]([O-])c2-c2ccccc2)cc1. The molecule has 3 aromatic rings. The minimum absolute atomic E-state index is 0.0366. The molecule has 0 fully saturated rings. The van der Waals surface area contributed by atoms with Crippen LogP contribution in [0.3, 0.4) is 0 Å². The minimum Gasteiger partial charge on any atom is -0.371 e. The molecule has 0 aliphatic rings. The summed E-state index contributed by atoms with van der Waals surface area (Å²) in [4.78, 5) is 11.8. The van der Waals surface area contributed by atoms with E-state index in [4.69, 9.17) is 4.52 Å². The first-order valence-corrected chi connectivity index (χ1v) is 9.76. The number of sulfonamides is 1. The van der Waals surface area contributed by atoms with E-state index >= 15 is 0 Å². The van der Waals surface area contributed by atoms with Crippen molar-refractivity contribution in [3.05, 3.63) is 65.6 Å². The first-order valence-electron chi connectivity index (χ1n) is 8.28. The van der Waals surface area contributed by atoms with Crippen LogP contribution in [0.2, 0.25) is 0 Å². The fraction of sp³-hybridized carbons (Fsp3) is 0.158. The van der Waals surface area contributed by atoms with Gasteiger partial charge in [-0.25, -0.2) is 13.1 Å². The molecule has 0 unspecified atom stereocenters. The van der Waals surface area contributed by atoms with E-state index in [-0.39, 0.29) is 11.3 Å². The third kappa shape index (κ3) is 3.70. The van der Waals surface area contributed by atoms with Gasteiger partial charge in [-0.3, -0.25) is 10.0 Å². The van der Waals surface area contributed by atoms with Gasteiger partial charge < -0.3 is 4.52 Å². The van der Waals surface area contributed by atoms with Crippen LogP contribution in [-0.4, -0.2) is 14.3 Å². The molecule has 7 nitrogen and oxygen atoms in total. The zero-order valence-electron chi connectivity index (χ0n) is 14.8. The van der Waals surface area contributed by atoms with Crippen molar-refractivity contribution in [3.8, 4) is 22.4 Å². The molecule has 1 aromatic heterocycles. The van der Waals surface area contributed by atoms with Crippen molar-refractivity contribution in [2.45, 2.75) is 25.2 Å². The average molecular weight is 386 g/mol. The second-order valence-electron chi connectivity index (χ2n) is 5.90. The average Bonchev–Trinajstić information content (AvgIpc) is 2.96. The second-order valence-corrected chi connectivity index (χ2v) is 7.58. The van der Waals surface area contributed by atoms with E-state index in [0.717, 1.165) is 0 Å². The Morgan fingerprint density at radius 2 is 1.70 bits per heavy atom. The van der Waals surface area contributed by atoms with E-state index in [2.05, 4.69) is 0 Å². The van der Waals surface area contributed by atoms with Crippen LogP contribution in [-0.2, 0) is 14.8 Å². The number of aryl methyl sites for hydroxylation is 1. The molecule has 0 saturated carbocycles. The third-order valence-electron chi connectivity index (χ3n) is 4.06. The summed E-state index contributed by atoms with van der Waals surface area (Å²) in [5.74, 6) is -0.165. The Morgan fingerprint density at radius 3 is 2.30 bits per heavy atom. The first kappa shape index (κ1) is 18.7. The van der Waals surface area contributed by atoms with Gasteiger partial charge in [-0.2, -0.15) is 0 Å². The number of amides is 1. The summed E-state index contributed by atoms with van der Waals surface area (Å²) in [6.45, 7) is 3.24. The molecular weight excluding hydrogens is 368 g/mol. The Hall–Kier alpha value is -3.13. The number of rotatable bonds is 5. The van der Waals surface area contributed by atoms with Gasteiger partial charge in [-0.05, 0) is 36.8 Å². The van der Waals surface area contributed by atoms with Gasteiger partial charge in [0.25, 0.3) is 15.7 Å². The van der Waals surface area contributed by atoms with Crippen molar-refractivity contribution in [3.63, 3.8) is 0 Å². The highest BCUT2D eigenvalue weighted by atomic mass is 32.2. The predicted octanol–water partition coefficient (Wildman–Crippen LogP) is 2.77. The summed E-state index contributed by atoms with van der Waals surface area (Å²) in [5.41, 5.74) is 2.25. The van der Waals surface area contributed by atoms with E-state index < -0.39 is 15.9 Å². The molecule has 1 heterocycles. The van der Waals surface area contributed by atoms with Gasteiger partial charge in [0.05, 0.1) is 26.7 Å². The Morgan fingerprint density at radius 1 is 1.07 bits per heavy atom. The van der Waals surface area contributed by atoms with Crippen molar-refractivity contribution >= 4 is 15.9 Å². The van der Waals surface area contributed by atoms with Gasteiger partial charge in [0, 0.05) is 6.42 Å². The van der Waals surface area contributed by atoms with Crippen LogP contribution in [0.15, 0.2) is 64.0 Å². The third-order valence-corrected chi connectivity index (χ3v) is 5.45. The largest absolute Gasteiger partial charge is 0.371 e. The summed E-state index contributed by atoms with van der Waals surface area (Å²) < 4.78 is 31.6. The molecule has 0 saturated heterocycles. The summed E-state index contributed by atoms with van der Waals surface area (Å²) >= 11 is 0. The van der Waals surface area contributed by atoms with Crippen LogP contribution in [0.25, 0.3) is 22.4 Å². The quantitative estimate of drug-likeness (QED) is 0.679. The topological polar surface area (TPSA) is 103 Å². The van der Waals surface area contributed by atoms with E-state index in [1.54, 1.807) is 38.1 Å². The van der Waals surface area contributed by atoms with Crippen LogP contribution in [0.5, 0.6) is 0 Å². The maximum absolute atomic E-state index is 12.2. The van der Waals surface area contributed by atoms with Crippen LogP contribution in [0, 0.1) is 12.1 Å². The van der Waals surface area contributed by atoms with Crippen LogP contribution in [0.4, 0.5) is 0 Å². The number of hydrogen-bond donors (Lipinski definition) is 1. The lowest BCUT2D eigenvalue weighted by molar-refractivity contribution is -0.784. The Kier molecular flexibility index (Phi) is 5.00. The summed E-state index contributed by atoms with van der Waals surface area (Å²) in [5, 5.41) is 12.2. The van der Waals surface area contributed by atoms with Crippen LogP contribution >= 0.6 is 0 Å². The second kappa shape index (κ2) is 7.24. The van der Waals surface area contributed by atoms with Gasteiger partial charge in [0.2, 0.25) is 5.91 Å². The van der Waals surface area contributed by atoms with Crippen LogP contribution in [0.1, 0.15) is 19.1 Å². The van der Waals surface area contributed by atoms with Gasteiger partial charge in [0.15, 0.2) is 0 Å². The zero-order chi connectivity index (χ0) is 19.6. The molecule has 2 aromatic carbocycles. The first-order chi connectivity index (χ1) is 12.8. The molecule has 0 aliphatic heterocycles. The summed E-state index contributed by atoms with van der Waals surface area (Å²) in [7, 11) is -3.93. The molecule has 8 heteroatoms. The molecule has 0 atom stereocenters. The van der Waals surface area contributed by atoms with E-state index in [1.807, 2.05) is 22.9 Å². The van der Waals surface area contributed by atoms with E-state index in [1.165, 1.54) is 12.1 Å². The Bertz CT molecular complexity index is 1070. The van der Waals surface area contributed by atoms with E-state index in [9.17, 15) is 18.4 Å². The fourth-order valence-corrected chi connectivity index (χ4v) is 3.80. The minimum atomic E-state index is -3.93. The lowest BCUT2D eigenvalue weighted by Crippen LogP contribution is -2.29. The molecule has 0 radical (unpaired) electrons. The number of carbonyl (C=O) groups excluding carboxylic acids is 1. The highest BCUT2D eigenvalue weighted by molar-refractivity contribution is 7.90. The molecule has 140 valence electrons. The fourth-order valence-electron chi connectivity index (χ4n) is 2.74. The van der Waals surface area contributed by atoms with Crippen LogP contribution < -0.4 is 9.63 Å². The maximum Gasteiger partial charge on any atom is 0.284 e. The number of benzene rings is 2. The molecule has 1 N–H and O–H groups in total. The number of aromatic nitrogens is 1. The summed E-state index contributed by atoms with van der Waals surface area (Å²) in [6.07, 6.45) is 0.0649. The van der Waals surface area contributed by atoms with Gasteiger partial charge in [0.1, 0.15) is 0 Å². The molecule has 0 aliphatic carbocycles. The highest BCUT2D eigenvalue weighted by Crippen LogP contribution is 2.33. The van der Waals surface area contributed by atoms with Gasteiger partial charge in [-0.1, -0.05) is 37.3 Å². The normalized spacial score (nSPS) is 11.3. The number of carbonyl (C=O) groups is 1. The molecule has 27 heavy (non-hydrogen) atoms. The van der Waals surface area contributed by atoms with Crippen molar-refractivity contribution in [2.24, 2.45) is 0 Å². The van der Waals surface area contributed by atoms with Crippen molar-refractivity contribution in [1.29, 1.82) is 0 Å². The maximum atomic E-state index is 12.2. The highest BCUT2D eigenvalue weighted by Gasteiger charge is 2.24. The van der Waals surface area contributed by atoms with Gasteiger partial charge >= 0.3 is 0 Å². The monoisotopic (exact) mass is 386 g/mol. The number of nitrogens with zero attached hydrogens (tertiary/aromatic N) is 1. The van der Waals surface area contributed by atoms with Crippen molar-refractivity contribution in [1.82, 2.24) is 4.72 Å². The predicted molar refractivity (Wildman–Crippen MR) is 98.9 cm³/mol. The smallest absolute Gasteiger partial charge is 0.284 e. The number of hydrogen-bond acceptors (Lipinski definition) is 5. The summed E-state index contributed by atoms with van der Waals surface area (Å²) in [6, 6.07) is 15.0. The molecule has 0 bridgehead atoms. The zero-order valence-corrected chi connectivity index (χ0v) is 15.6. The van der Waals surface area contributed by atoms with Gasteiger partial charge in [-0.15, -0.1) is 0 Å². The molecule has 0 spiro atoms. The van der Waals surface area contributed by atoms with E-state index in [0.29, 0.717) is 33.0 Å². The lowest BCUT2D eigenvalue weighted by atomic mass is 9.99. The Balaban J connectivity index is 2.03. The molecular formula is C19H18N2O5S. The Labute approximate surface area is 156 Å². The standard InChI is InChI=1S/C19H18N2O5S/c1-3-17(22)20-27(24,25)16-11-9-14(10-12-16)18-13(2)26-21(23)19(18)15-7-5-4-6-8-15/h4-12H,3H2,1-2H3,(H,20,22). The van der Waals surface area contributed by atoms with Crippen molar-refractivity contribution < 1.29 is 22.6 Å². The molecule has 3 rings (SSSR count).